The summed E-state index contributed by atoms with van der Waals surface area (Å²) in [5.74, 6) is 1.15. The van der Waals surface area contributed by atoms with E-state index in [0.717, 1.165) is 9.39 Å². The van der Waals surface area contributed by atoms with E-state index in [4.69, 9.17) is 5.11 Å². The zero-order chi connectivity index (χ0) is 10.6. The third-order valence-electron chi connectivity index (χ3n) is 1.99. The summed E-state index contributed by atoms with van der Waals surface area (Å²) in [6, 6.07) is 0.0402. The highest BCUT2D eigenvalue weighted by atomic mass is 127. The lowest BCUT2D eigenvalue weighted by atomic mass is 10.1. The SMILES string of the molecule is CC(C)C(CO)Nc1ncncc1I. The molecule has 0 fully saturated rings. The molecule has 1 heterocycles. The molecule has 5 heteroatoms. The summed E-state index contributed by atoms with van der Waals surface area (Å²) in [7, 11) is 0. The molecule has 14 heavy (non-hydrogen) atoms. The zero-order valence-electron chi connectivity index (χ0n) is 8.24. The molecule has 4 nitrogen and oxygen atoms in total. The van der Waals surface area contributed by atoms with Crippen molar-refractivity contribution < 1.29 is 5.11 Å². The van der Waals surface area contributed by atoms with E-state index >= 15 is 0 Å². The second-order valence-corrected chi connectivity index (χ2v) is 4.56. The van der Waals surface area contributed by atoms with Gasteiger partial charge in [0.05, 0.1) is 16.2 Å². The second-order valence-electron chi connectivity index (χ2n) is 3.40. The van der Waals surface area contributed by atoms with Crippen LogP contribution in [0.4, 0.5) is 5.82 Å². The van der Waals surface area contributed by atoms with Crippen LogP contribution < -0.4 is 5.32 Å². The van der Waals surface area contributed by atoms with Crippen LogP contribution in [0.25, 0.3) is 0 Å². The summed E-state index contributed by atoms with van der Waals surface area (Å²) < 4.78 is 0.962. The van der Waals surface area contributed by atoms with Gasteiger partial charge in [0.1, 0.15) is 12.1 Å². The predicted octanol–water partition coefficient (Wildman–Crippen LogP) is 1.51. The molecule has 1 atom stereocenters. The molecule has 0 saturated heterocycles. The van der Waals surface area contributed by atoms with Crippen LogP contribution in [0.1, 0.15) is 13.8 Å². The van der Waals surface area contributed by atoms with Crippen molar-refractivity contribution in [3.8, 4) is 0 Å². The number of halogens is 1. The summed E-state index contributed by atoms with van der Waals surface area (Å²) in [6.07, 6.45) is 3.24. The van der Waals surface area contributed by atoms with Crippen LogP contribution >= 0.6 is 22.6 Å². The van der Waals surface area contributed by atoms with Crippen LogP contribution in [0.2, 0.25) is 0 Å². The Hall–Kier alpha value is -0.430. The van der Waals surface area contributed by atoms with Crippen LogP contribution in [-0.2, 0) is 0 Å². The zero-order valence-corrected chi connectivity index (χ0v) is 10.4. The maximum Gasteiger partial charge on any atom is 0.143 e. The molecule has 2 N–H and O–H groups in total. The van der Waals surface area contributed by atoms with Gasteiger partial charge in [0.15, 0.2) is 0 Å². The number of aromatic nitrogens is 2. The van der Waals surface area contributed by atoms with Crippen LogP contribution in [0.3, 0.4) is 0 Å². The maximum absolute atomic E-state index is 9.14. The summed E-state index contributed by atoms with van der Waals surface area (Å²) in [6.45, 7) is 4.22. The Morgan fingerprint density at radius 1 is 1.57 bits per heavy atom. The largest absolute Gasteiger partial charge is 0.394 e. The lowest BCUT2D eigenvalue weighted by Crippen LogP contribution is -2.30. The molecule has 0 aliphatic carbocycles. The Bertz CT molecular complexity index is 293. The first-order chi connectivity index (χ1) is 6.65. The van der Waals surface area contributed by atoms with E-state index in [0.29, 0.717) is 5.92 Å². The van der Waals surface area contributed by atoms with Gasteiger partial charge in [-0.3, -0.25) is 0 Å². The van der Waals surface area contributed by atoms with Crippen molar-refractivity contribution in [3.63, 3.8) is 0 Å². The van der Waals surface area contributed by atoms with E-state index in [-0.39, 0.29) is 12.6 Å². The van der Waals surface area contributed by atoms with Gasteiger partial charge in [0.2, 0.25) is 0 Å². The summed E-state index contributed by atoms with van der Waals surface area (Å²) >= 11 is 2.16. The van der Waals surface area contributed by atoms with E-state index in [1.807, 2.05) is 0 Å². The minimum atomic E-state index is 0.0402. The molecule has 0 saturated carbocycles. The van der Waals surface area contributed by atoms with E-state index in [1.54, 1.807) is 6.20 Å². The van der Waals surface area contributed by atoms with E-state index in [1.165, 1.54) is 6.33 Å². The molecule has 0 aliphatic heterocycles. The molecule has 0 radical (unpaired) electrons. The molecule has 0 spiro atoms. The fraction of sp³-hybridized carbons (Fsp3) is 0.556. The van der Waals surface area contributed by atoms with E-state index in [9.17, 15) is 0 Å². The fourth-order valence-corrected chi connectivity index (χ4v) is 1.47. The van der Waals surface area contributed by atoms with Crippen molar-refractivity contribution in [2.75, 3.05) is 11.9 Å². The summed E-state index contributed by atoms with van der Waals surface area (Å²) in [4.78, 5) is 8.01. The Labute approximate surface area is 97.3 Å². The number of rotatable bonds is 4. The number of nitrogens with one attached hydrogen (secondary N) is 1. The molecule has 1 rings (SSSR count). The number of aliphatic hydroxyl groups excluding tert-OH is 1. The smallest absolute Gasteiger partial charge is 0.143 e. The van der Waals surface area contributed by atoms with Gasteiger partial charge in [-0.2, -0.15) is 0 Å². The molecule has 0 aromatic carbocycles. The third-order valence-corrected chi connectivity index (χ3v) is 2.78. The first-order valence-corrected chi connectivity index (χ1v) is 5.56. The highest BCUT2D eigenvalue weighted by Crippen LogP contribution is 2.15. The minimum absolute atomic E-state index is 0.0402. The van der Waals surface area contributed by atoms with Crippen molar-refractivity contribution >= 4 is 28.4 Å². The summed E-state index contributed by atoms with van der Waals surface area (Å²) in [5.41, 5.74) is 0. The van der Waals surface area contributed by atoms with Gasteiger partial charge >= 0.3 is 0 Å². The first-order valence-electron chi connectivity index (χ1n) is 4.48. The Morgan fingerprint density at radius 3 is 2.79 bits per heavy atom. The first kappa shape index (κ1) is 11.6. The lowest BCUT2D eigenvalue weighted by molar-refractivity contribution is 0.249. The Balaban J connectivity index is 2.72. The molecular formula is C9H14IN3O. The standard InChI is InChI=1S/C9H14IN3O/c1-6(2)8(4-14)13-9-7(10)3-11-5-12-9/h3,5-6,8,14H,4H2,1-2H3,(H,11,12,13). The fourth-order valence-electron chi connectivity index (χ4n) is 1.02. The summed E-state index contributed by atoms with van der Waals surface area (Å²) in [5, 5.41) is 12.3. The number of nitrogens with zero attached hydrogens (tertiary/aromatic N) is 2. The average molecular weight is 307 g/mol. The van der Waals surface area contributed by atoms with Crippen molar-refractivity contribution in [2.24, 2.45) is 5.92 Å². The van der Waals surface area contributed by atoms with Gasteiger partial charge in [-0.25, -0.2) is 9.97 Å². The molecule has 0 bridgehead atoms. The molecule has 1 aromatic rings. The van der Waals surface area contributed by atoms with E-state index in [2.05, 4.69) is 51.7 Å². The highest BCUT2D eigenvalue weighted by molar-refractivity contribution is 14.1. The number of hydrogen-bond acceptors (Lipinski definition) is 4. The number of anilines is 1. The lowest BCUT2D eigenvalue weighted by Gasteiger charge is -2.20. The number of aliphatic hydroxyl groups is 1. The van der Waals surface area contributed by atoms with Crippen molar-refractivity contribution in [3.05, 3.63) is 16.1 Å². The molecule has 1 unspecified atom stereocenters. The van der Waals surface area contributed by atoms with Crippen LogP contribution in [0.15, 0.2) is 12.5 Å². The van der Waals surface area contributed by atoms with Gasteiger partial charge in [-0.05, 0) is 28.5 Å². The van der Waals surface area contributed by atoms with Crippen molar-refractivity contribution in [1.82, 2.24) is 9.97 Å². The third kappa shape index (κ3) is 3.06. The van der Waals surface area contributed by atoms with Gasteiger partial charge in [0, 0.05) is 6.20 Å². The normalized spacial score (nSPS) is 12.9. The molecular weight excluding hydrogens is 293 g/mol. The molecule has 1 aromatic heterocycles. The number of hydrogen-bond donors (Lipinski definition) is 2. The van der Waals surface area contributed by atoms with Crippen molar-refractivity contribution in [1.29, 1.82) is 0 Å². The minimum Gasteiger partial charge on any atom is -0.394 e. The van der Waals surface area contributed by atoms with Crippen LogP contribution in [0, 0.1) is 9.49 Å². The molecule has 0 amide bonds. The maximum atomic E-state index is 9.14. The monoisotopic (exact) mass is 307 g/mol. The second kappa shape index (κ2) is 5.45. The van der Waals surface area contributed by atoms with Gasteiger partial charge < -0.3 is 10.4 Å². The predicted molar refractivity (Wildman–Crippen MR) is 64.1 cm³/mol. The molecule has 78 valence electrons. The quantitative estimate of drug-likeness (QED) is 0.828. The average Bonchev–Trinajstić information content (AvgIpc) is 2.16. The van der Waals surface area contributed by atoms with Gasteiger partial charge in [0.25, 0.3) is 0 Å². The van der Waals surface area contributed by atoms with Gasteiger partial charge in [-0.15, -0.1) is 0 Å². The van der Waals surface area contributed by atoms with E-state index < -0.39 is 0 Å². The van der Waals surface area contributed by atoms with Crippen LogP contribution in [0.5, 0.6) is 0 Å². The topological polar surface area (TPSA) is 58.0 Å². The Morgan fingerprint density at radius 2 is 2.29 bits per heavy atom. The van der Waals surface area contributed by atoms with Gasteiger partial charge in [-0.1, -0.05) is 13.8 Å². The highest BCUT2D eigenvalue weighted by Gasteiger charge is 2.13. The molecule has 0 aliphatic rings. The van der Waals surface area contributed by atoms with Crippen LogP contribution in [-0.4, -0.2) is 27.7 Å². The van der Waals surface area contributed by atoms with Crippen molar-refractivity contribution in [2.45, 2.75) is 19.9 Å². The Kier molecular flexibility index (Phi) is 4.53.